The van der Waals surface area contributed by atoms with E-state index < -0.39 is 5.97 Å². The normalized spacial score (nSPS) is 10.8. The Morgan fingerprint density at radius 3 is 2.83 bits per heavy atom. The average molecular weight is 353 g/mol. The molecule has 0 aliphatic carbocycles. The monoisotopic (exact) mass is 352 g/mol. The van der Waals surface area contributed by atoms with Gasteiger partial charge in [0.15, 0.2) is 23.9 Å². The topological polar surface area (TPSA) is 83.7 Å². The number of nitrogens with zero attached hydrogens (tertiary/aromatic N) is 2. The van der Waals surface area contributed by atoms with Gasteiger partial charge < -0.3 is 18.7 Å². The minimum atomic E-state index is -0.546. The first-order valence-electron chi connectivity index (χ1n) is 7.17. The number of hydrogen-bond acceptors (Lipinski definition) is 7. The molecule has 0 atom stereocenters. The van der Waals surface area contributed by atoms with E-state index in [-0.39, 0.29) is 12.5 Å². The van der Waals surface area contributed by atoms with Crippen molar-refractivity contribution in [2.75, 3.05) is 13.7 Å². The summed E-state index contributed by atoms with van der Waals surface area (Å²) in [5.74, 6) is 1.12. The molecule has 7 nitrogen and oxygen atoms in total. The minimum Gasteiger partial charge on any atom is -0.491 e. The van der Waals surface area contributed by atoms with Gasteiger partial charge in [-0.3, -0.25) is 0 Å². The number of carbonyl (C=O) groups excluding carboxylic acids is 1. The largest absolute Gasteiger partial charge is 0.491 e. The highest BCUT2D eigenvalue weighted by Crippen LogP contribution is 2.36. The molecule has 1 heterocycles. The maximum Gasteiger partial charge on any atom is 0.331 e. The van der Waals surface area contributed by atoms with Crippen molar-refractivity contribution < 1.29 is 23.5 Å². The van der Waals surface area contributed by atoms with Gasteiger partial charge in [0.1, 0.15) is 0 Å². The van der Waals surface area contributed by atoms with E-state index in [1.807, 2.05) is 6.92 Å². The van der Waals surface area contributed by atoms with E-state index in [2.05, 4.69) is 10.1 Å². The number of benzene rings is 1. The van der Waals surface area contributed by atoms with Crippen molar-refractivity contribution in [3.8, 4) is 11.5 Å². The Morgan fingerprint density at radius 2 is 2.21 bits per heavy atom. The second-order valence-corrected chi connectivity index (χ2v) is 5.05. The van der Waals surface area contributed by atoms with Crippen molar-refractivity contribution in [3.05, 3.63) is 40.5 Å². The number of methoxy groups -OCH3 is 1. The Hall–Kier alpha value is -2.54. The zero-order valence-electron chi connectivity index (χ0n) is 13.5. The fraction of sp³-hybridized carbons (Fsp3) is 0.312. The number of aromatic nitrogens is 2. The average Bonchev–Trinajstić information content (AvgIpc) is 2.96. The molecule has 0 amide bonds. The van der Waals surface area contributed by atoms with Gasteiger partial charge in [0.2, 0.25) is 0 Å². The molecule has 0 saturated heterocycles. The zero-order valence-corrected chi connectivity index (χ0v) is 14.3. The first-order valence-corrected chi connectivity index (χ1v) is 7.55. The molecular weight excluding hydrogens is 336 g/mol. The molecule has 0 aliphatic heterocycles. The zero-order chi connectivity index (χ0) is 17.5. The van der Waals surface area contributed by atoms with Gasteiger partial charge in [-0.05, 0) is 37.6 Å². The maximum atomic E-state index is 11.7. The quantitative estimate of drug-likeness (QED) is 0.558. The Kier molecular flexibility index (Phi) is 6.20. The molecule has 0 fully saturated rings. The van der Waals surface area contributed by atoms with Crippen molar-refractivity contribution in [1.82, 2.24) is 10.1 Å². The number of aryl methyl sites for hydroxylation is 1. The first-order chi connectivity index (χ1) is 11.5. The van der Waals surface area contributed by atoms with Crippen LogP contribution in [0.15, 0.2) is 22.7 Å². The Labute approximate surface area is 144 Å². The smallest absolute Gasteiger partial charge is 0.331 e. The summed E-state index contributed by atoms with van der Waals surface area (Å²) in [7, 11) is 1.51. The van der Waals surface area contributed by atoms with Crippen LogP contribution in [-0.4, -0.2) is 29.8 Å². The van der Waals surface area contributed by atoms with Crippen LogP contribution in [0, 0.1) is 6.92 Å². The van der Waals surface area contributed by atoms with E-state index >= 15 is 0 Å². The van der Waals surface area contributed by atoms with Gasteiger partial charge in [0.05, 0.1) is 18.7 Å². The van der Waals surface area contributed by atoms with Gasteiger partial charge in [0.25, 0.3) is 5.89 Å². The van der Waals surface area contributed by atoms with E-state index in [0.29, 0.717) is 34.5 Å². The van der Waals surface area contributed by atoms with Crippen LogP contribution < -0.4 is 9.47 Å². The van der Waals surface area contributed by atoms with E-state index in [0.717, 1.165) is 0 Å². The van der Waals surface area contributed by atoms with Crippen LogP contribution >= 0.6 is 11.6 Å². The predicted octanol–water partition coefficient (Wildman–Crippen LogP) is 3.20. The van der Waals surface area contributed by atoms with Gasteiger partial charge in [-0.25, -0.2) is 4.79 Å². The lowest BCUT2D eigenvalue weighted by Gasteiger charge is -2.11. The second kappa shape index (κ2) is 8.35. The van der Waals surface area contributed by atoms with Crippen molar-refractivity contribution in [2.45, 2.75) is 20.5 Å². The fourth-order valence-corrected chi connectivity index (χ4v) is 2.19. The lowest BCUT2D eigenvalue weighted by Crippen LogP contribution is -2.01. The summed E-state index contributed by atoms with van der Waals surface area (Å²) < 4.78 is 20.5. The lowest BCUT2D eigenvalue weighted by molar-refractivity contribution is -0.139. The third-order valence-electron chi connectivity index (χ3n) is 2.86. The van der Waals surface area contributed by atoms with E-state index in [1.54, 1.807) is 25.1 Å². The van der Waals surface area contributed by atoms with Crippen LogP contribution in [0.25, 0.3) is 6.08 Å². The first kappa shape index (κ1) is 17.8. The number of ether oxygens (including phenoxy) is 3. The number of halogens is 1. The van der Waals surface area contributed by atoms with Crippen LogP contribution in [-0.2, 0) is 16.1 Å². The summed E-state index contributed by atoms with van der Waals surface area (Å²) in [6.45, 7) is 3.91. The highest BCUT2D eigenvalue weighted by molar-refractivity contribution is 6.32. The number of hydrogen-bond donors (Lipinski definition) is 0. The molecule has 0 spiro atoms. The van der Waals surface area contributed by atoms with Crippen LogP contribution in [0.1, 0.15) is 24.2 Å². The molecule has 0 radical (unpaired) electrons. The van der Waals surface area contributed by atoms with Gasteiger partial charge in [0, 0.05) is 6.08 Å². The fourth-order valence-electron chi connectivity index (χ4n) is 1.89. The molecule has 2 rings (SSSR count). The highest BCUT2D eigenvalue weighted by atomic mass is 35.5. The molecule has 0 saturated carbocycles. The molecule has 8 heteroatoms. The van der Waals surface area contributed by atoms with Crippen molar-refractivity contribution >= 4 is 23.6 Å². The van der Waals surface area contributed by atoms with Crippen LogP contribution in [0.3, 0.4) is 0 Å². The molecule has 1 aromatic carbocycles. The summed E-state index contributed by atoms with van der Waals surface area (Å²) in [4.78, 5) is 15.7. The van der Waals surface area contributed by atoms with Crippen LogP contribution in [0.4, 0.5) is 0 Å². The third kappa shape index (κ3) is 4.73. The van der Waals surface area contributed by atoms with Gasteiger partial charge in [-0.15, -0.1) is 0 Å². The molecule has 0 unspecified atom stereocenters. The van der Waals surface area contributed by atoms with E-state index in [4.69, 9.17) is 30.3 Å². The van der Waals surface area contributed by atoms with Crippen molar-refractivity contribution in [1.29, 1.82) is 0 Å². The third-order valence-corrected chi connectivity index (χ3v) is 3.14. The maximum absolute atomic E-state index is 11.7. The van der Waals surface area contributed by atoms with E-state index in [9.17, 15) is 4.79 Å². The summed E-state index contributed by atoms with van der Waals surface area (Å²) in [6, 6.07) is 3.38. The van der Waals surface area contributed by atoms with Crippen molar-refractivity contribution in [3.63, 3.8) is 0 Å². The molecular formula is C16H17ClN2O5. The molecule has 1 aromatic heterocycles. The summed E-state index contributed by atoms with van der Waals surface area (Å²) in [5, 5.41) is 3.99. The lowest BCUT2D eigenvalue weighted by atomic mass is 10.2. The van der Waals surface area contributed by atoms with Gasteiger partial charge in [-0.2, -0.15) is 4.98 Å². The molecule has 0 bridgehead atoms. The Bertz CT molecular complexity index is 742. The standard InChI is InChI=1S/C16H17ClN2O5/c1-4-22-13-8-11(7-12(17)16(13)21-3)5-6-15(20)23-9-14-18-10(2)19-24-14/h5-8H,4,9H2,1-3H3/b6-5+. The molecule has 0 N–H and O–H groups in total. The highest BCUT2D eigenvalue weighted by Gasteiger charge is 2.11. The molecule has 24 heavy (non-hydrogen) atoms. The molecule has 0 aliphatic rings. The Balaban J connectivity index is 2.03. The summed E-state index contributed by atoms with van der Waals surface area (Å²) in [5.41, 5.74) is 0.676. The van der Waals surface area contributed by atoms with Crippen LogP contribution in [0.5, 0.6) is 11.5 Å². The Morgan fingerprint density at radius 1 is 1.42 bits per heavy atom. The summed E-state index contributed by atoms with van der Waals surface area (Å²) in [6.07, 6.45) is 2.84. The van der Waals surface area contributed by atoms with Gasteiger partial charge in [-0.1, -0.05) is 16.8 Å². The van der Waals surface area contributed by atoms with Crippen LogP contribution in [0.2, 0.25) is 5.02 Å². The SMILES string of the molecule is CCOc1cc(/C=C/C(=O)OCc2nc(C)no2)cc(Cl)c1OC. The second-order valence-electron chi connectivity index (χ2n) is 4.64. The number of esters is 1. The molecule has 2 aromatic rings. The molecule has 128 valence electrons. The summed E-state index contributed by atoms with van der Waals surface area (Å²) >= 11 is 6.15. The predicted molar refractivity (Wildman–Crippen MR) is 87.0 cm³/mol. The number of carbonyl (C=O) groups is 1. The van der Waals surface area contributed by atoms with Crippen molar-refractivity contribution in [2.24, 2.45) is 0 Å². The number of rotatable bonds is 7. The van der Waals surface area contributed by atoms with E-state index in [1.165, 1.54) is 13.2 Å². The minimum absolute atomic E-state index is 0.0857. The van der Waals surface area contributed by atoms with Gasteiger partial charge >= 0.3 is 5.97 Å².